The van der Waals surface area contributed by atoms with E-state index < -0.39 is 11.6 Å². The molecule has 0 radical (unpaired) electrons. The predicted octanol–water partition coefficient (Wildman–Crippen LogP) is 3.93. The van der Waals surface area contributed by atoms with Gasteiger partial charge in [0.2, 0.25) is 0 Å². The van der Waals surface area contributed by atoms with Crippen LogP contribution >= 0.6 is 15.9 Å². The van der Waals surface area contributed by atoms with Gasteiger partial charge in [0.15, 0.2) is 5.78 Å². The highest BCUT2D eigenvalue weighted by atomic mass is 79.9. The van der Waals surface area contributed by atoms with Gasteiger partial charge in [0.05, 0.1) is 10.2 Å². The van der Waals surface area contributed by atoms with E-state index >= 15 is 0 Å². The van der Waals surface area contributed by atoms with Crippen molar-refractivity contribution in [2.75, 3.05) is 0 Å². The quantitative estimate of drug-likeness (QED) is 0.600. The molecule has 0 aliphatic carbocycles. The van der Waals surface area contributed by atoms with E-state index in [1.807, 2.05) is 13.8 Å². The lowest BCUT2D eigenvalue weighted by Crippen LogP contribution is -2.13. The number of benzene rings is 1. The molecular weight excluding hydrogens is 342 g/mol. The van der Waals surface area contributed by atoms with Crippen molar-refractivity contribution in [3.05, 3.63) is 51.3 Å². The molecule has 1 aromatic heterocycles. The molecule has 1 heterocycles. The molecule has 2 aromatic rings. The molecule has 21 heavy (non-hydrogen) atoms. The molecule has 0 amide bonds. The van der Waals surface area contributed by atoms with Gasteiger partial charge in [-0.25, -0.2) is 8.78 Å². The molecule has 0 saturated heterocycles. The third kappa shape index (κ3) is 3.20. The number of halogens is 3. The summed E-state index contributed by atoms with van der Waals surface area (Å²) in [6, 6.07) is 4.11. The van der Waals surface area contributed by atoms with Crippen LogP contribution in [0.2, 0.25) is 0 Å². The maximum absolute atomic E-state index is 13.9. The standard InChI is InChI=1S/C15H15BrF2N2O/c1-3-9-7-13(20(4-2)19-9)14(21)8-10-12(17)6-5-11(16)15(10)18/h5-7H,3-4,8H2,1-2H3. The molecule has 6 heteroatoms. The fourth-order valence-corrected chi connectivity index (χ4v) is 2.46. The molecule has 0 aliphatic heterocycles. The summed E-state index contributed by atoms with van der Waals surface area (Å²) in [7, 11) is 0. The molecule has 0 bridgehead atoms. The van der Waals surface area contributed by atoms with Crippen molar-refractivity contribution in [3.8, 4) is 0 Å². The average Bonchev–Trinajstić information content (AvgIpc) is 2.91. The molecule has 2 rings (SSSR count). The normalized spacial score (nSPS) is 10.9. The van der Waals surface area contributed by atoms with Gasteiger partial charge in [-0.05, 0) is 47.5 Å². The maximum atomic E-state index is 13.9. The van der Waals surface area contributed by atoms with Crippen molar-refractivity contribution in [2.45, 2.75) is 33.2 Å². The predicted molar refractivity (Wildman–Crippen MR) is 79.4 cm³/mol. The number of hydrogen-bond acceptors (Lipinski definition) is 2. The molecule has 3 nitrogen and oxygen atoms in total. The van der Waals surface area contributed by atoms with Gasteiger partial charge in [-0.15, -0.1) is 0 Å². The number of aromatic nitrogens is 2. The molecule has 1 aromatic carbocycles. The minimum atomic E-state index is -0.735. The number of ketones is 1. The number of Topliss-reactive ketones (excluding diaryl/α,β-unsaturated/α-hetero) is 1. The fraction of sp³-hybridized carbons (Fsp3) is 0.333. The first-order chi connectivity index (χ1) is 9.97. The van der Waals surface area contributed by atoms with Gasteiger partial charge in [0, 0.05) is 18.5 Å². The summed E-state index contributed by atoms with van der Waals surface area (Å²) in [4.78, 5) is 12.3. The van der Waals surface area contributed by atoms with Gasteiger partial charge >= 0.3 is 0 Å². The Kier molecular flexibility index (Phi) is 4.88. The molecule has 0 saturated carbocycles. The molecule has 0 N–H and O–H groups in total. The summed E-state index contributed by atoms with van der Waals surface area (Å²) in [6.45, 7) is 4.33. The number of carbonyl (C=O) groups excluding carboxylic acids is 1. The van der Waals surface area contributed by atoms with Crippen LogP contribution in [0.3, 0.4) is 0 Å². The summed E-state index contributed by atoms with van der Waals surface area (Å²) >= 11 is 3.00. The van der Waals surface area contributed by atoms with Crippen LogP contribution in [-0.2, 0) is 19.4 Å². The Balaban J connectivity index is 2.34. The van der Waals surface area contributed by atoms with E-state index in [2.05, 4.69) is 21.0 Å². The Morgan fingerprint density at radius 3 is 2.67 bits per heavy atom. The second kappa shape index (κ2) is 6.47. The van der Waals surface area contributed by atoms with E-state index in [4.69, 9.17) is 0 Å². The maximum Gasteiger partial charge on any atom is 0.185 e. The third-order valence-electron chi connectivity index (χ3n) is 3.25. The van der Waals surface area contributed by atoms with Gasteiger partial charge in [0.1, 0.15) is 17.3 Å². The summed E-state index contributed by atoms with van der Waals surface area (Å²) < 4.78 is 29.4. The van der Waals surface area contributed by atoms with Crippen molar-refractivity contribution in [2.24, 2.45) is 0 Å². The second-order valence-corrected chi connectivity index (χ2v) is 5.47. The Morgan fingerprint density at radius 2 is 2.05 bits per heavy atom. The Hall–Kier alpha value is -1.56. The van der Waals surface area contributed by atoms with E-state index in [1.54, 1.807) is 10.7 Å². The lowest BCUT2D eigenvalue weighted by atomic mass is 10.1. The largest absolute Gasteiger partial charge is 0.292 e. The van der Waals surface area contributed by atoms with Crippen molar-refractivity contribution in [1.29, 1.82) is 0 Å². The van der Waals surface area contributed by atoms with Gasteiger partial charge in [-0.1, -0.05) is 6.92 Å². The second-order valence-electron chi connectivity index (χ2n) is 4.61. The van der Waals surface area contributed by atoms with E-state index in [-0.39, 0.29) is 22.2 Å². The molecule has 112 valence electrons. The summed E-state index contributed by atoms with van der Waals surface area (Å²) in [5.74, 6) is -1.80. The van der Waals surface area contributed by atoms with E-state index in [1.165, 1.54) is 6.07 Å². The first-order valence-corrected chi connectivity index (χ1v) is 7.49. The van der Waals surface area contributed by atoms with Crippen LogP contribution in [0.4, 0.5) is 8.78 Å². The number of carbonyl (C=O) groups is 1. The van der Waals surface area contributed by atoms with Crippen molar-refractivity contribution in [1.82, 2.24) is 9.78 Å². The molecule has 0 spiro atoms. The minimum absolute atomic E-state index is 0.143. The molecule has 0 aliphatic rings. The van der Waals surface area contributed by atoms with Gasteiger partial charge in [-0.2, -0.15) is 5.10 Å². The number of hydrogen-bond donors (Lipinski definition) is 0. The van der Waals surface area contributed by atoms with Crippen LogP contribution in [0.1, 0.15) is 35.6 Å². The van der Waals surface area contributed by atoms with E-state index in [9.17, 15) is 13.6 Å². The van der Waals surface area contributed by atoms with Crippen molar-refractivity contribution < 1.29 is 13.6 Å². The molecule has 0 unspecified atom stereocenters. The highest BCUT2D eigenvalue weighted by molar-refractivity contribution is 9.10. The van der Waals surface area contributed by atoms with Crippen LogP contribution in [-0.4, -0.2) is 15.6 Å². The topological polar surface area (TPSA) is 34.9 Å². The van der Waals surface area contributed by atoms with E-state index in [0.29, 0.717) is 18.7 Å². The SMILES string of the molecule is CCc1cc(C(=O)Cc2c(F)ccc(Br)c2F)n(CC)n1. The van der Waals surface area contributed by atoms with Gasteiger partial charge in [0.25, 0.3) is 0 Å². The highest BCUT2D eigenvalue weighted by Crippen LogP contribution is 2.23. The molecular formula is C15H15BrF2N2O. The lowest BCUT2D eigenvalue weighted by molar-refractivity contribution is 0.0980. The van der Waals surface area contributed by atoms with E-state index in [0.717, 1.165) is 11.8 Å². The average molecular weight is 357 g/mol. The zero-order valence-electron chi connectivity index (χ0n) is 11.8. The zero-order chi connectivity index (χ0) is 15.6. The molecule has 0 fully saturated rings. The lowest BCUT2D eigenvalue weighted by Gasteiger charge is -2.07. The smallest absolute Gasteiger partial charge is 0.185 e. The molecule has 0 atom stereocenters. The van der Waals surface area contributed by atoms with Gasteiger partial charge < -0.3 is 0 Å². The number of rotatable bonds is 5. The zero-order valence-corrected chi connectivity index (χ0v) is 13.4. The van der Waals surface area contributed by atoms with Crippen LogP contribution in [0.15, 0.2) is 22.7 Å². The van der Waals surface area contributed by atoms with Crippen LogP contribution < -0.4 is 0 Å². The first-order valence-electron chi connectivity index (χ1n) is 6.70. The van der Waals surface area contributed by atoms with Crippen LogP contribution in [0.25, 0.3) is 0 Å². The Morgan fingerprint density at radius 1 is 1.33 bits per heavy atom. The van der Waals surface area contributed by atoms with Crippen molar-refractivity contribution >= 4 is 21.7 Å². The highest BCUT2D eigenvalue weighted by Gasteiger charge is 2.20. The monoisotopic (exact) mass is 356 g/mol. The Bertz CT molecular complexity index is 683. The van der Waals surface area contributed by atoms with Crippen molar-refractivity contribution in [3.63, 3.8) is 0 Å². The van der Waals surface area contributed by atoms with Crippen LogP contribution in [0, 0.1) is 11.6 Å². The summed E-state index contributed by atoms with van der Waals surface area (Å²) in [6.07, 6.45) is 0.374. The third-order valence-corrected chi connectivity index (χ3v) is 3.87. The fourth-order valence-electron chi connectivity index (χ4n) is 2.09. The first kappa shape index (κ1) is 15.8. The summed E-state index contributed by atoms with van der Waals surface area (Å²) in [5.41, 5.74) is 0.944. The van der Waals surface area contributed by atoms with Gasteiger partial charge in [-0.3, -0.25) is 9.48 Å². The summed E-state index contributed by atoms with van der Waals surface area (Å²) in [5, 5.41) is 4.27. The number of nitrogens with zero attached hydrogens (tertiary/aromatic N) is 2. The Labute approximate surface area is 130 Å². The van der Waals surface area contributed by atoms with Crippen LogP contribution in [0.5, 0.6) is 0 Å². The number of aryl methyl sites for hydroxylation is 2. The minimum Gasteiger partial charge on any atom is -0.292 e.